The molecule has 1 aromatic carbocycles. The van der Waals surface area contributed by atoms with Crippen LogP contribution in [0.1, 0.15) is 48.4 Å². The summed E-state index contributed by atoms with van der Waals surface area (Å²) in [7, 11) is 0. The van der Waals surface area contributed by atoms with Crippen molar-refractivity contribution in [2.24, 2.45) is 0 Å². The SMILES string of the molecule is [NH3+][C@@H](CCCC(=O)[O-])c1ccc2c(c1)CCC2. The molecule has 0 saturated heterocycles. The van der Waals surface area contributed by atoms with Gasteiger partial charge in [0.15, 0.2) is 0 Å². The minimum atomic E-state index is -0.967. The number of aliphatic carboxylic acids is 1. The zero-order valence-electron chi connectivity index (χ0n) is 10.1. The highest BCUT2D eigenvalue weighted by atomic mass is 16.4. The van der Waals surface area contributed by atoms with Crippen molar-refractivity contribution < 1.29 is 15.6 Å². The first kappa shape index (κ1) is 12.1. The van der Waals surface area contributed by atoms with Gasteiger partial charge in [-0.3, -0.25) is 0 Å². The average Bonchev–Trinajstić information content (AvgIpc) is 2.75. The van der Waals surface area contributed by atoms with Crippen LogP contribution < -0.4 is 10.8 Å². The van der Waals surface area contributed by atoms with E-state index in [2.05, 4.69) is 23.9 Å². The summed E-state index contributed by atoms with van der Waals surface area (Å²) in [4.78, 5) is 10.3. The van der Waals surface area contributed by atoms with Crippen molar-refractivity contribution in [2.45, 2.75) is 44.6 Å². The van der Waals surface area contributed by atoms with Crippen LogP contribution in [-0.4, -0.2) is 5.97 Å². The van der Waals surface area contributed by atoms with E-state index in [9.17, 15) is 9.90 Å². The number of fused-ring (bicyclic) bond motifs is 1. The molecule has 0 fully saturated rings. The van der Waals surface area contributed by atoms with Crippen molar-refractivity contribution in [1.82, 2.24) is 0 Å². The number of aryl methyl sites for hydroxylation is 2. The molecule has 1 atom stereocenters. The van der Waals surface area contributed by atoms with E-state index in [0.29, 0.717) is 6.42 Å². The first-order valence-electron chi connectivity index (χ1n) is 6.31. The van der Waals surface area contributed by atoms with Gasteiger partial charge < -0.3 is 15.6 Å². The van der Waals surface area contributed by atoms with Crippen LogP contribution in [0, 0.1) is 0 Å². The lowest BCUT2D eigenvalue weighted by atomic mass is 9.98. The molecular formula is C14H19NO2. The van der Waals surface area contributed by atoms with Crippen LogP contribution in [-0.2, 0) is 17.6 Å². The van der Waals surface area contributed by atoms with E-state index in [0.717, 1.165) is 6.42 Å². The van der Waals surface area contributed by atoms with Gasteiger partial charge in [0.05, 0.1) is 0 Å². The van der Waals surface area contributed by atoms with E-state index < -0.39 is 5.97 Å². The molecule has 0 unspecified atom stereocenters. The maximum Gasteiger partial charge on any atom is 0.110 e. The smallest absolute Gasteiger partial charge is 0.110 e. The van der Waals surface area contributed by atoms with Gasteiger partial charge in [0, 0.05) is 18.0 Å². The minimum absolute atomic E-state index is 0.136. The predicted molar refractivity (Wildman–Crippen MR) is 63.0 cm³/mol. The Kier molecular flexibility index (Phi) is 3.79. The Labute approximate surface area is 102 Å². The number of carboxylic acid groups (broad SMARTS) is 1. The molecule has 1 aromatic rings. The quantitative estimate of drug-likeness (QED) is 0.798. The third-order valence-corrected chi connectivity index (χ3v) is 3.53. The summed E-state index contributed by atoms with van der Waals surface area (Å²) in [5.41, 5.74) is 8.28. The fourth-order valence-corrected chi connectivity index (χ4v) is 2.51. The fraction of sp³-hybridized carbons (Fsp3) is 0.500. The van der Waals surface area contributed by atoms with E-state index in [4.69, 9.17) is 0 Å². The highest BCUT2D eigenvalue weighted by molar-refractivity contribution is 5.64. The van der Waals surface area contributed by atoms with Crippen molar-refractivity contribution in [3.8, 4) is 0 Å². The van der Waals surface area contributed by atoms with E-state index in [1.165, 1.54) is 36.0 Å². The molecular weight excluding hydrogens is 214 g/mol. The molecule has 0 bridgehead atoms. The predicted octanol–water partition coefficient (Wildman–Crippen LogP) is 0.378. The number of carbonyl (C=O) groups is 1. The van der Waals surface area contributed by atoms with E-state index in [-0.39, 0.29) is 12.5 Å². The lowest BCUT2D eigenvalue weighted by Crippen LogP contribution is -2.53. The third kappa shape index (κ3) is 3.07. The van der Waals surface area contributed by atoms with Crippen LogP contribution in [0.3, 0.4) is 0 Å². The summed E-state index contributed by atoms with van der Waals surface area (Å²) in [6, 6.07) is 6.79. The Morgan fingerprint density at radius 3 is 2.88 bits per heavy atom. The number of benzene rings is 1. The van der Waals surface area contributed by atoms with Gasteiger partial charge in [0.1, 0.15) is 6.04 Å². The molecule has 1 aliphatic carbocycles. The third-order valence-electron chi connectivity index (χ3n) is 3.53. The number of carboxylic acids is 1. The Hall–Kier alpha value is -1.35. The van der Waals surface area contributed by atoms with Crippen molar-refractivity contribution in [3.63, 3.8) is 0 Å². The average molecular weight is 233 g/mol. The molecule has 92 valence electrons. The molecule has 17 heavy (non-hydrogen) atoms. The Morgan fingerprint density at radius 1 is 1.35 bits per heavy atom. The van der Waals surface area contributed by atoms with Gasteiger partial charge in [-0.1, -0.05) is 12.1 Å². The first-order valence-corrected chi connectivity index (χ1v) is 6.31. The summed E-state index contributed by atoms with van der Waals surface area (Å²) < 4.78 is 0. The summed E-state index contributed by atoms with van der Waals surface area (Å²) in [6.45, 7) is 0. The monoisotopic (exact) mass is 233 g/mol. The highest BCUT2D eigenvalue weighted by Crippen LogP contribution is 2.25. The Bertz CT molecular complexity index is 415. The first-order chi connectivity index (χ1) is 8.16. The van der Waals surface area contributed by atoms with Crippen LogP contribution in [0.25, 0.3) is 0 Å². The molecule has 0 radical (unpaired) electrons. The topological polar surface area (TPSA) is 67.8 Å². The standard InChI is InChI=1S/C14H19NO2/c15-13(5-2-6-14(16)17)12-8-7-10-3-1-4-11(10)9-12/h7-9,13H,1-6,15H2,(H,16,17)/t13-/m0/s1. The lowest BCUT2D eigenvalue weighted by molar-refractivity contribution is -0.428. The van der Waals surface area contributed by atoms with Crippen molar-refractivity contribution in [2.75, 3.05) is 0 Å². The number of rotatable bonds is 5. The normalized spacial score (nSPS) is 15.6. The molecule has 3 N–H and O–H groups in total. The van der Waals surface area contributed by atoms with Gasteiger partial charge >= 0.3 is 0 Å². The van der Waals surface area contributed by atoms with Gasteiger partial charge in [-0.15, -0.1) is 0 Å². The van der Waals surface area contributed by atoms with Crippen LogP contribution in [0.5, 0.6) is 0 Å². The van der Waals surface area contributed by atoms with Crippen molar-refractivity contribution in [3.05, 3.63) is 34.9 Å². The second-order valence-electron chi connectivity index (χ2n) is 4.84. The number of quaternary nitrogens is 1. The van der Waals surface area contributed by atoms with Gasteiger partial charge in [-0.25, -0.2) is 0 Å². The molecule has 0 saturated carbocycles. The maximum absolute atomic E-state index is 10.3. The highest BCUT2D eigenvalue weighted by Gasteiger charge is 2.15. The second-order valence-corrected chi connectivity index (χ2v) is 4.84. The molecule has 0 heterocycles. The molecule has 0 aliphatic heterocycles. The Balaban J connectivity index is 1.95. The lowest BCUT2D eigenvalue weighted by Gasteiger charge is -2.11. The molecule has 0 spiro atoms. The van der Waals surface area contributed by atoms with Crippen molar-refractivity contribution in [1.29, 1.82) is 0 Å². The molecule has 0 amide bonds. The maximum atomic E-state index is 10.3. The minimum Gasteiger partial charge on any atom is -0.550 e. The van der Waals surface area contributed by atoms with E-state index in [1.807, 2.05) is 0 Å². The van der Waals surface area contributed by atoms with Crippen LogP contribution in [0.2, 0.25) is 0 Å². The van der Waals surface area contributed by atoms with Crippen molar-refractivity contribution >= 4 is 5.97 Å². The fourth-order valence-electron chi connectivity index (χ4n) is 2.51. The van der Waals surface area contributed by atoms with E-state index >= 15 is 0 Å². The number of carbonyl (C=O) groups excluding carboxylic acids is 1. The molecule has 3 heteroatoms. The second kappa shape index (κ2) is 5.32. The van der Waals surface area contributed by atoms with E-state index in [1.54, 1.807) is 0 Å². The van der Waals surface area contributed by atoms with Crippen LogP contribution in [0.4, 0.5) is 0 Å². The number of hydrogen-bond acceptors (Lipinski definition) is 2. The summed E-state index contributed by atoms with van der Waals surface area (Å²) in [5.74, 6) is -0.967. The van der Waals surface area contributed by atoms with Gasteiger partial charge in [-0.2, -0.15) is 0 Å². The van der Waals surface area contributed by atoms with Gasteiger partial charge in [0.25, 0.3) is 0 Å². The summed E-state index contributed by atoms with van der Waals surface area (Å²) in [5, 5.41) is 10.3. The van der Waals surface area contributed by atoms with Gasteiger partial charge in [-0.05, 0) is 49.3 Å². The van der Waals surface area contributed by atoms with Gasteiger partial charge in [0.2, 0.25) is 0 Å². The zero-order chi connectivity index (χ0) is 12.3. The number of hydrogen-bond donors (Lipinski definition) is 1. The molecule has 0 aromatic heterocycles. The summed E-state index contributed by atoms with van der Waals surface area (Å²) >= 11 is 0. The summed E-state index contributed by atoms with van der Waals surface area (Å²) in [6.07, 6.45) is 5.22. The molecule has 1 aliphatic rings. The van der Waals surface area contributed by atoms with Crippen LogP contribution >= 0.6 is 0 Å². The Morgan fingerprint density at radius 2 is 2.12 bits per heavy atom. The molecule has 3 nitrogen and oxygen atoms in total. The molecule has 2 rings (SSSR count). The zero-order valence-corrected chi connectivity index (χ0v) is 10.1. The largest absolute Gasteiger partial charge is 0.550 e. The van der Waals surface area contributed by atoms with Crippen LogP contribution in [0.15, 0.2) is 18.2 Å².